The smallest absolute Gasteiger partial charge is 0.0313 e. The van der Waals surface area contributed by atoms with Gasteiger partial charge in [-0.25, -0.2) is 0 Å². The van der Waals surface area contributed by atoms with Crippen LogP contribution in [0, 0.1) is 6.92 Å². The summed E-state index contributed by atoms with van der Waals surface area (Å²) in [5, 5.41) is 0. The molecule has 12 heavy (non-hydrogen) atoms. The van der Waals surface area contributed by atoms with E-state index in [4.69, 9.17) is 5.73 Å². The van der Waals surface area contributed by atoms with Crippen molar-refractivity contribution in [2.45, 2.75) is 32.2 Å². The number of aryl methyl sites for hydroxylation is 1. The molecular weight excluding hydrogens is 148 g/mol. The van der Waals surface area contributed by atoms with Crippen LogP contribution in [0.3, 0.4) is 0 Å². The minimum atomic E-state index is 0.286. The number of rotatable bonds is 0. The van der Waals surface area contributed by atoms with Crippen LogP contribution in [-0.4, -0.2) is 4.57 Å². The topological polar surface area (TPSA) is 30.9 Å². The van der Waals surface area contributed by atoms with Crippen LogP contribution in [0.4, 0.5) is 0 Å². The zero-order valence-corrected chi connectivity index (χ0v) is 7.80. The Kier molecular flexibility index (Phi) is 1.72. The fourth-order valence-electron chi connectivity index (χ4n) is 2.09. The van der Waals surface area contributed by atoms with E-state index in [1.54, 1.807) is 0 Å². The molecule has 1 aromatic heterocycles. The number of nitrogens with two attached hydrogens (primary N) is 1. The third kappa shape index (κ3) is 0.985. The van der Waals surface area contributed by atoms with Gasteiger partial charge >= 0.3 is 0 Å². The van der Waals surface area contributed by atoms with Gasteiger partial charge in [-0.15, -0.1) is 0 Å². The predicted molar refractivity (Wildman–Crippen MR) is 50.0 cm³/mol. The molecule has 66 valence electrons. The Balaban J connectivity index is 2.52. The van der Waals surface area contributed by atoms with Crippen molar-refractivity contribution in [3.8, 4) is 0 Å². The maximum absolute atomic E-state index is 6.02. The first kappa shape index (κ1) is 7.87. The van der Waals surface area contributed by atoms with Crippen LogP contribution < -0.4 is 5.73 Å². The van der Waals surface area contributed by atoms with E-state index >= 15 is 0 Å². The van der Waals surface area contributed by atoms with Crippen molar-refractivity contribution < 1.29 is 0 Å². The highest BCUT2D eigenvalue weighted by Gasteiger charge is 2.20. The summed E-state index contributed by atoms with van der Waals surface area (Å²) in [7, 11) is 2.13. The van der Waals surface area contributed by atoms with E-state index in [0.717, 1.165) is 6.42 Å². The standard InChI is InChI=1S/C10H16N2/c1-7-6-8-9(11)4-3-5-10(8)12(7)2/h6,9H,3-5,11H2,1-2H3. The summed E-state index contributed by atoms with van der Waals surface area (Å²) in [6, 6.07) is 2.52. The molecule has 2 N–H and O–H groups in total. The first-order chi connectivity index (χ1) is 5.70. The van der Waals surface area contributed by atoms with Crippen molar-refractivity contribution in [2.75, 3.05) is 0 Å². The van der Waals surface area contributed by atoms with Crippen LogP contribution in [-0.2, 0) is 13.5 Å². The van der Waals surface area contributed by atoms with E-state index < -0.39 is 0 Å². The molecule has 2 rings (SSSR count). The average Bonchev–Trinajstić information content (AvgIpc) is 2.32. The highest BCUT2D eigenvalue weighted by Crippen LogP contribution is 2.29. The van der Waals surface area contributed by atoms with Gasteiger partial charge in [0.2, 0.25) is 0 Å². The molecule has 0 fully saturated rings. The molecule has 0 saturated heterocycles. The summed E-state index contributed by atoms with van der Waals surface area (Å²) in [6.45, 7) is 2.14. The van der Waals surface area contributed by atoms with Gasteiger partial charge in [0.15, 0.2) is 0 Å². The number of hydrogen-bond acceptors (Lipinski definition) is 1. The molecule has 0 aliphatic heterocycles. The second-order valence-corrected chi connectivity index (χ2v) is 3.75. The fourth-order valence-corrected chi connectivity index (χ4v) is 2.09. The molecule has 1 aliphatic carbocycles. The highest BCUT2D eigenvalue weighted by atomic mass is 15.0. The lowest BCUT2D eigenvalue weighted by atomic mass is 9.93. The molecule has 0 bridgehead atoms. The van der Waals surface area contributed by atoms with E-state index in [-0.39, 0.29) is 6.04 Å². The van der Waals surface area contributed by atoms with Crippen molar-refractivity contribution in [3.63, 3.8) is 0 Å². The maximum Gasteiger partial charge on any atom is 0.0313 e. The first-order valence-corrected chi connectivity index (χ1v) is 4.61. The summed E-state index contributed by atoms with van der Waals surface area (Å²) in [5.41, 5.74) is 10.2. The number of aromatic nitrogens is 1. The Hall–Kier alpha value is -0.760. The minimum Gasteiger partial charge on any atom is -0.352 e. The predicted octanol–water partition coefficient (Wildman–Crippen LogP) is 1.67. The maximum atomic E-state index is 6.02. The van der Waals surface area contributed by atoms with Gasteiger partial charge in [0.25, 0.3) is 0 Å². The zero-order valence-electron chi connectivity index (χ0n) is 7.80. The van der Waals surface area contributed by atoms with Crippen molar-refractivity contribution in [1.29, 1.82) is 0 Å². The Morgan fingerprint density at radius 3 is 3.00 bits per heavy atom. The SMILES string of the molecule is Cc1cc2c(n1C)CCCC2N. The Morgan fingerprint density at radius 1 is 1.58 bits per heavy atom. The lowest BCUT2D eigenvalue weighted by Crippen LogP contribution is -2.17. The Labute approximate surface area is 73.4 Å². The van der Waals surface area contributed by atoms with Crippen LogP contribution >= 0.6 is 0 Å². The third-order valence-corrected chi connectivity index (χ3v) is 2.96. The van der Waals surface area contributed by atoms with Crippen molar-refractivity contribution >= 4 is 0 Å². The molecule has 2 heteroatoms. The van der Waals surface area contributed by atoms with Gasteiger partial charge < -0.3 is 10.3 Å². The second-order valence-electron chi connectivity index (χ2n) is 3.75. The van der Waals surface area contributed by atoms with E-state index in [1.807, 2.05) is 0 Å². The van der Waals surface area contributed by atoms with Gasteiger partial charge in [-0.1, -0.05) is 0 Å². The van der Waals surface area contributed by atoms with Crippen LogP contribution in [0.1, 0.15) is 35.8 Å². The molecule has 1 atom stereocenters. The molecular formula is C10H16N2. The summed E-state index contributed by atoms with van der Waals surface area (Å²) in [4.78, 5) is 0. The van der Waals surface area contributed by atoms with E-state index in [0.29, 0.717) is 0 Å². The summed E-state index contributed by atoms with van der Waals surface area (Å²) < 4.78 is 2.27. The Bertz CT molecular complexity index is 299. The van der Waals surface area contributed by atoms with Crippen molar-refractivity contribution in [1.82, 2.24) is 4.57 Å². The minimum absolute atomic E-state index is 0.286. The molecule has 0 radical (unpaired) electrons. The molecule has 0 aromatic carbocycles. The molecule has 1 aromatic rings. The van der Waals surface area contributed by atoms with Gasteiger partial charge in [0.1, 0.15) is 0 Å². The molecule has 0 amide bonds. The lowest BCUT2D eigenvalue weighted by Gasteiger charge is -2.19. The quantitative estimate of drug-likeness (QED) is 0.621. The van der Waals surface area contributed by atoms with E-state index in [1.165, 1.54) is 29.8 Å². The summed E-state index contributed by atoms with van der Waals surface area (Å²) in [5.74, 6) is 0. The zero-order chi connectivity index (χ0) is 8.72. The number of nitrogens with zero attached hydrogens (tertiary/aromatic N) is 1. The molecule has 1 aliphatic rings. The van der Waals surface area contributed by atoms with Crippen molar-refractivity contribution in [2.24, 2.45) is 12.8 Å². The second kappa shape index (κ2) is 2.63. The van der Waals surface area contributed by atoms with Gasteiger partial charge in [-0.3, -0.25) is 0 Å². The highest BCUT2D eigenvalue weighted by molar-refractivity contribution is 5.32. The van der Waals surface area contributed by atoms with Crippen LogP contribution in [0.5, 0.6) is 0 Å². The number of hydrogen-bond donors (Lipinski definition) is 1. The van der Waals surface area contributed by atoms with Crippen LogP contribution in [0.15, 0.2) is 6.07 Å². The molecule has 1 heterocycles. The lowest BCUT2D eigenvalue weighted by molar-refractivity contribution is 0.553. The number of fused-ring (bicyclic) bond motifs is 1. The van der Waals surface area contributed by atoms with Crippen LogP contribution in [0.25, 0.3) is 0 Å². The monoisotopic (exact) mass is 164 g/mol. The largest absolute Gasteiger partial charge is 0.352 e. The van der Waals surface area contributed by atoms with Gasteiger partial charge in [0, 0.05) is 24.5 Å². The van der Waals surface area contributed by atoms with Crippen LogP contribution in [0.2, 0.25) is 0 Å². The first-order valence-electron chi connectivity index (χ1n) is 4.61. The summed E-state index contributed by atoms with van der Waals surface area (Å²) >= 11 is 0. The fraction of sp³-hybridized carbons (Fsp3) is 0.600. The van der Waals surface area contributed by atoms with Gasteiger partial charge in [-0.05, 0) is 37.8 Å². The van der Waals surface area contributed by atoms with Crippen molar-refractivity contribution in [3.05, 3.63) is 23.0 Å². The normalized spacial score (nSPS) is 22.4. The Morgan fingerprint density at radius 2 is 2.33 bits per heavy atom. The average molecular weight is 164 g/mol. The van der Waals surface area contributed by atoms with Gasteiger partial charge in [0.05, 0.1) is 0 Å². The van der Waals surface area contributed by atoms with Gasteiger partial charge in [-0.2, -0.15) is 0 Å². The van der Waals surface area contributed by atoms with E-state index in [9.17, 15) is 0 Å². The molecule has 0 saturated carbocycles. The molecule has 2 nitrogen and oxygen atoms in total. The third-order valence-electron chi connectivity index (χ3n) is 2.96. The molecule has 1 unspecified atom stereocenters. The molecule has 0 spiro atoms. The van der Waals surface area contributed by atoms with E-state index in [2.05, 4.69) is 24.6 Å². The summed E-state index contributed by atoms with van der Waals surface area (Å²) in [6.07, 6.45) is 3.59.